The number of carbonyl (C=O) groups is 2. The number of aromatic carboxylic acids is 1. The molecule has 1 atom stereocenters. The number of pyridine rings is 1. The van der Waals surface area contributed by atoms with Crippen molar-refractivity contribution in [3.05, 3.63) is 41.8 Å². The molecule has 2 rings (SSSR count). The Morgan fingerprint density at radius 3 is 2.67 bits per heavy atom. The molecule has 0 aliphatic rings. The molecule has 0 spiro atoms. The predicted molar refractivity (Wildman–Crippen MR) is 70.5 cm³/mol. The lowest BCUT2D eigenvalue weighted by Gasteiger charge is -2.18. The second-order valence-corrected chi connectivity index (χ2v) is 4.72. The van der Waals surface area contributed by atoms with Crippen molar-refractivity contribution in [2.45, 2.75) is 19.9 Å². The van der Waals surface area contributed by atoms with Crippen LogP contribution in [-0.2, 0) is 0 Å². The molecule has 0 aliphatic carbocycles. The Bertz CT molecular complexity index is 639. The fourth-order valence-electron chi connectivity index (χ4n) is 1.76. The Morgan fingerprint density at radius 1 is 1.33 bits per heavy atom. The molecule has 0 bridgehead atoms. The summed E-state index contributed by atoms with van der Waals surface area (Å²) in [6.45, 7) is 3.80. The Morgan fingerprint density at radius 2 is 2.10 bits per heavy atom. The number of carbonyl (C=O) groups excluding carboxylic acids is 1. The molecule has 0 aromatic carbocycles. The topological polar surface area (TPSA) is 118 Å². The van der Waals surface area contributed by atoms with Crippen LogP contribution in [0.25, 0.3) is 0 Å². The summed E-state index contributed by atoms with van der Waals surface area (Å²) < 4.78 is 4.68. The summed E-state index contributed by atoms with van der Waals surface area (Å²) in [6.07, 6.45) is 2.46. The molecule has 21 heavy (non-hydrogen) atoms. The van der Waals surface area contributed by atoms with E-state index in [2.05, 4.69) is 25.0 Å². The summed E-state index contributed by atoms with van der Waals surface area (Å²) in [5.41, 5.74) is 0.0138. The number of carboxylic acids is 1. The van der Waals surface area contributed by atoms with Crippen molar-refractivity contribution in [1.82, 2.24) is 20.4 Å². The molecule has 2 heterocycles. The third-order valence-electron chi connectivity index (χ3n) is 2.85. The fourth-order valence-corrected chi connectivity index (χ4v) is 1.76. The lowest BCUT2D eigenvalue weighted by molar-refractivity contribution is 0.0690. The summed E-state index contributed by atoms with van der Waals surface area (Å²) in [5.74, 6) is -1.22. The number of hydrogen-bond acceptors (Lipinski definition) is 6. The van der Waals surface area contributed by atoms with Gasteiger partial charge in [0.15, 0.2) is 5.82 Å². The van der Waals surface area contributed by atoms with E-state index in [1.165, 1.54) is 24.7 Å². The molecule has 8 nitrogen and oxygen atoms in total. The van der Waals surface area contributed by atoms with E-state index < -0.39 is 17.9 Å². The van der Waals surface area contributed by atoms with Crippen molar-refractivity contribution in [3.63, 3.8) is 0 Å². The third kappa shape index (κ3) is 3.41. The highest BCUT2D eigenvalue weighted by Gasteiger charge is 2.23. The summed E-state index contributed by atoms with van der Waals surface area (Å²) in [6, 6.07) is 2.22. The van der Waals surface area contributed by atoms with Crippen molar-refractivity contribution in [1.29, 1.82) is 0 Å². The molecule has 1 unspecified atom stereocenters. The Hall–Kier alpha value is -2.77. The number of aromatic nitrogens is 3. The van der Waals surface area contributed by atoms with Crippen molar-refractivity contribution >= 4 is 11.9 Å². The zero-order valence-electron chi connectivity index (χ0n) is 11.5. The van der Waals surface area contributed by atoms with Crippen molar-refractivity contribution in [3.8, 4) is 0 Å². The van der Waals surface area contributed by atoms with E-state index in [1.807, 2.05) is 13.8 Å². The van der Waals surface area contributed by atoms with Gasteiger partial charge in [-0.25, -0.2) is 9.78 Å². The van der Waals surface area contributed by atoms with Gasteiger partial charge in [-0.3, -0.25) is 4.79 Å². The first-order valence-corrected chi connectivity index (χ1v) is 6.25. The normalized spacial score (nSPS) is 12.1. The van der Waals surface area contributed by atoms with Crippen LogP contribution in [0.1, 0.15) is 46.6 Å². The van der Waals surface area contributed by atoms with Gasteiger partial charge in [0.05, 0.1) is 6.04 Å². The standard InChI is InChI=1S/C13H14N4O4/c1-7(2)10(11-15-6-21-17-11)16-12(18)8-3-4-14-9(5-8)13(19)20/h3-7,10H,1-2H3,(H,16,18)(H,19,20). The Balaban J connectivity index is 2.20. The summed E-state index contributed by atoms with van der Waals surface area (Å²) >= 11 is 0. The lowest BCUT2D eigenvalue weighted by Crippen LogP contribution is -2.32. The van der Waals surface area contributed by atoms with Gasteiger partial charge in [0.2, 0.25) is 6.39 Å². The smallest absolute Gasteiger partial charge is 0.354 e. The second kappa shape index (κ2) is 6.12. The molecular formula is C13H14N4O4. The zero-order valence-corrected chi connectivity index (χ0v) is 11.5. The molecule has 1 amide bonds. The van der Waals surface area contributed by atoms with Gasteiger partial charge in [0.25, 0.3) is 5.91 Å². The maximum Gasteiger partial charge on any atom is 0.354 e. The van der Waals surface area contributed by atoms with Gasteiger partial charge >= 0.3 is 5.97 Å². The van der Waals surface area contributed by atoms with E-state index in [1.54, 1.807) is 0 Å². The zero-order chi connectivity index (χ0) is 15.4. The monoisotopic (exact) mass is 290 g/mol. The Kier molecular flexibility index (Phi) is 4.27. The number of rotatable bonds is 5. The SMILES string of the molecule is CC(C)C(NC(=O)c1ccnc(C(=O)O)c1)c1ncon1. The number of nitrogens with one attached hydrogen (secondary N) is 1. The van der Waals surface area contributed by atoms with Gasteiger partial charge in [-0.15, -0.1) is 0 Å². The molecule has 8 heteroatoms. The molecule has 0 aliphatic heterocycles. The maximum absolute atomic E-state index is 12.2. The van der Waals surface area contributed by atoms with Gasteiger partial charge in [-0.05, 0) is 18.1 Å². The molecule has 2 aromatic rings. The van der Waals surface area contributed by atoms with Crippen LogP contribution in [0.4, 0.5) is 0 Å². The highest BCUT2D eigenvalue weighted by molar-refractivity contribution is 5.96. The molecule has 0 saturated carbocycles. The number of nitrogens with zero attached hydrogens (tertiary/aromatic N) is 3. The summed E-state index contributed by atoms with van der Waals surface area (Å²) in [7, 11) is 0. The van der Waals surface area contributed by atoms with Gasteiger partial charge in [-0.2, -0.15) is 4.98 Å². The first kappa shape index (κ1) is 14.6. The lowest BCUT2D eigenvalue weighted by atomic mass is 10.0. The molecule has 110 valence electrons. The highest BCUT2D eigenvalue weighted by Crippen LogP contribution is 2.18. The van der Waals surface area contributed by atoms with E-state index in [0.29, 0.717) is 5.82 Å². The molecule has 2 aromatic heterocycles. The number of hydrogen-bond donors (Lipinski definition) is 2. The molecule has 0 radical (unpaired) electrons. The van der Waals surface area contributed by atoms with Crippen LogP contribution < -0.4 is 5.32 Å². The van der Waals surface area contributed by atoms with Crippen LogP contribution in [-0.4, -0.2) is 32.1 Å². The second-order valence-electron chi connectivity index (χ2n) is 4.72. The largest absolute Gasteiger partial charge is 0.477 e. The van der Waals surface area contributed by atoms with Crippen molar-refractivity contribution in [2.75, 3.05) is 0 Å². The minimum absolute atomic E-state index is 0.0346. The minimum Gasteiger partial charge on any atom is -0.477 e. The van der Waals surface area contributed by atoms with E-state index in [4.69, 9.17) is 5.11 Å². The van der Waals surface area contributed by atoms with Crippen LogP contribution in [0.3, 0.4) is 0 Å². The van der Waals surface area contributed by atoms with Crippen LogP contribution in [0, 0.1) is 5.92 Å². The van der Waals surface area contributed by atoms with Crippen molar-refractivity contribution in [2.24, 2.45) is 5.92 Å². The van der Waals surface area contributed by atoms with Crippen LogP contribution in [0.15, 0.2) is 29.2 Å². The summed E-state index contributed by atoms with van der Waals surface area (Å²) in [4.78, 5) is 30.7. The maximum atomic E-state index is 12.2. The summed E-state index contributed by atoms with van der Waals surface area (Å²) in [5, 5.41) is 15.4. The molecule has 0 fully saturated rings. The minimum atomic E-state index is -1.19. The highest BCUT2D eigenvalue weighted by atomic mass is 16.5. The fraction of sp³-hybridized carbons (Fsp3) is 0.308. The van der Waals surface area contributed by atoms with Crippen LogP contribution >= 0.6 is 0 Å². The molecule has 0 saturated heterocycles. The van der Waals surface area contributed by atoms with E-state index in [-0.39, 0.29) is 17.2 Å². The van der Waals surface area contributed by atoms with E-state index >= 15 is 0 Å². The van der Waals surface area contributed by atoms with E-state index in [9.17, 15) is 9.59 Å². The predicted octanol–water partition coefficient (Wildman–Crippen LogP) is 1.29. The molecular weight excluding hydrogens is 276 g/mol. The van der Waals surface area contributed by atoms with Crippen LogP contribution in [0.5, 0.6) is 0 Å². The van der Waals surface area contributed by atoms with Crippen molar-refractivity contribution < 1.29 is 19.2 Å². The molecule has 2 N–H and O–H groups in total. The van der Waals surface area contributed by atoms with Gasteiger partial charge < -0.3 is 14.9 Å². The van der Waals surface area contributed by atoms with Gasteiger partial charge in [0, 0.05) is 11.8 Å². The average molecular weight is 290 g/mol. The van der Waals surface area contributed by atoms with Gasteiger partial charge in [-0.1, -0.05) is 19.0 Å². The first-order valence-electron chi connectivity index (χ1n) is 6.25. The van der Waals surface area contributed by atoms with Crippen LogP contribution in [0.2, 0.25) is 0 Å². The number of amides is 1. The quantitative estimate of drug-likeness (QED) is 0.851. The van der Waals surface area contributed by atoms with Gasteiger partial charge in [0.1, 0.15) is 5.69 Å². The average Bonchev–Trinajstić information content (AvgIpc) is 2.98. The Labute approximate surface area is 120 Å². The number of carboxylic acid groups (broad SMARTS) is 1. The first-order chi connectivity index (χ1) is 9.99. The third-order valence-corrected chi connectivity index (χ3v) is 2.85. The van der Waals surface area contributed by atoms with E-state index in [0.717, 1.165) is 0 Å².